The molecule has 2 aromatic heterocycles. The Bertz CT molecular complexity index is 603. The minimum atomic E-state index is -0.0461. The van der Waals surface area contributed by atoms with Gasteiger partial charge in [-0.15, -0.1) is 22.7 Å². The van der Waals surface area contributed by atoms with E-state index in [0.717, 1.165) is 19.9 Å². The van der Waals surface area contributed by atoms with E-state index in [-0.39, 0.29) is 5.91 Å². The van der Waals surface area contributed by atoms with Gasteiger partial charge in [0.2, 0.25) is 5.91 Å². The largest absolute Gasteiger partial charge is 0.337 e. The van der Waals surface area contributed by atoms with Gasteiger partial charge in [0.1, 0.15) is 0 Å². The molecule has 0 aliphatic heterocycles. The molecule has 0 aromatic carbocycles. The Morgan fingerprint density at radius 2 is 2.32 bits per heavy atom. The first-order chi connectivity index (χ1) is 9.04. The molecular weight excluding hydrogens is 300 g/mol. The molecule has 0 fully saturated rings. The van der Waals surface area contributed by atoms with Crippen LogP contribution in [0.25, 0.3) is 6.08 Å². The first kappa shape index (κ1) is 14.2. The van der Waals surface area contributed by atoms with Crippen LogP contribution < -0.4 is 0 Å². The Kier molecular flexibility index (Phi) is 4.74. The van der Waals surface area contributed by atoms with Gasteiger partial charge in [0.05, 0.1) is 21.6 Å². The van der Waals surface area contributed by atoms with Gasteiger partial charge in [0.15, 0.2) is 0 Å². The van der Waals surface area contributed by atoms with Crippen molar-refractivity contribution in [2.75, 3.05) is 7.05 Å². The van der Waals surface area contributed by atoms with E-state index >= 15 is 0 Å². The van der Waals surface area contributed by atoms with Crippen LogP contribution in [0, 0.1) is 6.92 Å². The second-order valence-corrected chi connectivity index (χ2v) is 6.89. The van der Waals surface area contributed by atoms with Crippen molar-refractivity contribution in [3.63, 3.8) is 0 Å². The number of halogens is 1. The zero-order valence-electron chi connectivity index (χ0n) is 10.6. The minimum absolute atomic E-state index is 0.0461. The number of likely N-dealkylation sites (N-methyl/N-ethyl adjacent to an activating group) is 1. The lowest BCUT2D eigenvalue weighted by atomic mass is 10.3. The summed E-state index contributed by atoms with van der Waals surface area (Å²) in [6.07, 6.45) is 3.29. The molecule has 100 valence electrons. The number of aromatic nitrogens is 1. The standard InChI is InChI=1S/C13H13ClN2OS2/c1-9-15-10(8-18-9)3-6-13(17)16(2)7-11-4-5-12(14)19-11/h3-6,8H,7H2,1-2H3/b6-3+. The van der Waals surface area contributed by atoms with E-state index in [4.69, 9.17) is 11.6 Å². The molecule has 0 bridgehead atoms. The molecule has 0 saturated heterocycles. The number of aryl methyl sites for hydroxylation is 1. The predicted molar refractivity (Wildman–Crippen MR) is 81.7 cm³/mol. The first-order valence-corrected chi connectivity index (χ1v) is 7.71. The van der Waals surface area contributed by atoms with Gasteiger partial charge in [-0.3, -0.25) is 4.79 Å². The Morgan fingerprint density at radius 1 is 1.53 bits per heavy atom. The fourth-order valence-electron chi connectivity index (χ4n) is 1.49. The van der Waals surface area contributed by atoms with Gasteiger partial charge in [0, 0.05) is 23.4 Å². The lowest BCUT2D eigenvalue weighted by Crippen LogP contribution is -2.23. The second kappa shape index (κ2) is 6.32. The second-order valence-electron chi connectivity index (χ2n) is 4.02. The number of hydrogen-bond acceptors (Lipinski definition) is 4. The third-order valence-corrected chi connectivity index (χ3v) is 4.44. The molecule has 0 spiro atoms. The third-order valence-electron chi connectivity index (χ3n) is 2.43. The van der Waals surface area contributed by atoms with Gasteiger partial charge < -0.3 is 4.90 Å². The van der Waals surface area contributed by atoms with Crippen molar-refractivity contribution in [3.8, 4) is 0 Å². The molecule has 0 atom stereocenters. The van der Waals surface area contributed by atoms with Crippen LogP contribution >= 0.6 is 34.3 Å². The van der Waals surface area contributed by atoms with E-state index in [9.17, 15) is 4.79 Å². The average Bonchev–Trinajstić information content (AvgIpc) is 2.95. The van der Waals surface area contributed by atoms with E-state index in [1.165, 1.54) is 11.3 Å². The molecule has 1 amide bonds. The van der Waals surface area contributed by atoms with Crippen molar-refractivity contribution in [1.82, 2.24) is 9.88 Å². The van der Waals surface area contributed by atoms with E-state index in [1.54, 1.807) is 35.4 Å². The zero-order valence-corrected chi connectivity index (χ0v) is 13.0. The van der Waals surface area contributed by atoms with Gasteiger partial charge in [-0.05, 0) is 25.1 Å². The lowest BCUT2D eigenvalue weighted by molar-refractivity contribution is -0.125. The zero-order chi connectivity index (χ0) is 13.8. The summed E-state index contributed by atoms with van der Waals surface area (Å²) in [7, 11) is 1.77. The molecule has 3 nitrogen and oxygen atoms in total. The molecule has 2 heterocycles. The Balaban J connectivity index is 1.94. The van der Waals surface area contributed by atoms with Gasteiger partial charge in [-0.2, -0.15) is 0 Å². The number of carbonyl (C=O) groups is 1. The van der Waals surface area contributed by atoms with Crippen molar-refractivity contribution in [1.29, 1.82) is 0 Å². The molecule has 19 heavy (non-hydrogen) atoms. The molecule has 0 radical (unpaired) electrons. The summed E-state index contributed by atoms with van der Waals surface area (Å²) in [6.45, 7) is 2.51. The summed E-state index contributed by atoms with van der Waals surface area (Å²) in [5.41, 5.74) is 0.823. The Morgan fingerprint density at radius 3 is 2.89 bits per heavy atom. The molecule has 2 aromatic rings. The first-order valence-electron chi connectivity index (χ1n) is 5.64. The van der Waals surface area contributed by atoms with Gasteiger partial charge >= 0.3 is 0 Å². The molecule has 0 aliphatic rings. The number of thiophene rings is 1. The Hall–Kier alpha value is -1.17. The summed E-state index contributed by atoms with van der Waals surface area (Å²) < 4.78 is 0.740. The SMILES string of the molecule is Cc1nc(/C=C/C(=O)N(C)Cc2ccc(Cl)s2)cs1. The number of nitrogens with zero attached hydrogens (tertiary/aromatic N) is 2. The normalized spacial score (nSPS) is 11.1. The van der Waals surface area contributed by atoms with E-state index in [2.05, 4.69) is 4.98 Å². The maximum atomic E-state index is 11.9. The summed E-state index contributed by atoms with van der Waals surface area (Å²) >= 11 is 8.92. The molecule has 0 saturated carbocycles. The molecule has 6 heteroatoms. The number of hydrogen-bond donors (Lipinski definition) is 0. The van der Waals surface area contributed by atoms with Gasteiger partial charge in [0.25, 0.3) is 0 Å². The highest BCUT2D eigenvalue weighted by Gasteiger charge is 2.07. The summed E-state index contributed by atoms with van der Waals surface area (Å²) in [5.74, 6) is -0.0461. The van der Waals surface area contributed by atoms with Crippen LogP contribution in [-0.4, -0.2) is 22.8 Å². The van der Waals surface area contributed by atoms with Crippen molar-refractivity contribution >= 4 is 46.3 Å². The fourth-order valence-corrected chi connectivity index (χ4v) is 3.21. The van der Waals surface area contributed by atoms with E-state index in [1.807, 2.05) is 24.4 Å². The van der Waals surface area contributed by atoms with Crippen molar-refractivity contribution in [2.24, 2.45) is 0 Å². The predicted octanol–water partition coefficient (Wildman–Crippen LogP) is 3.84. The van der Waals surface area contributed by atoms with Crippen molar-refractivity contribution in [2.45, 2.75) is 13.5 Å². The van der Waals surface area contributed by atoms with Crippen molar-refractivity contribution < 1.29 is 4.79 Å². The van der Waals surface area contributed by atoms with Crippen LogP contribution in [0.5, 0.6) is 0 Å². The Labute approximate surface area is 125 Å². The van der Waals surface area contributed by atoms with Crippen LogP contribution in [0.2, 0.25) is 4.34 Å². The molecule has 0 aliphatic carbocycles. The minimum Gasteiger partial charge on any atom is -0.337 e. The smallest absolute Gasteiger partial charge is 0.246 e. The number of thiazole rings is 1. The maximum absolute atomic E-state index is 11.9. The summed E-state index contributed by atoms with van der Waals surface area (Å²) in [6, 6.07) is 3.78. The van der Waals surface area contributed by atoms with Crippen LogP contribution in [0.1, 0.15) is 15.6 Å². The fraction of sp³-hybridized carbons (Fsp3) is 0.231. The summed E-state index contributed by atoms with van der Waals surface area (Å²) in [4.78, 5) is 18.9. The van der Waals surface area contributed by atoms with Crippen LogP contribution in [0.15, 0.2) is 23.6 Å². The van der Waals surface area contributed by atoms with Gasteiger partial charge in [-0.1, -0.05) is 11.6 Å². The maximum Gasteiger partial charge on any atom is 0.246 e. The topological polar surface area (TPSA) is 33.2 Å². The number of carbonyl (C=O) groups excluding carboxylic acids is 1. The van der Waals surface area contributed by atoms with Crippen molar-refractivity contribution in [3.05, 3.63) is 43.5 Å². The quantitative estimate of drug-likeness (QED) is 0.804. The third kappa shape index (κ3) is 4.16. The van der Waals surface area contributed by atoms with Crippen LogP contribution in [-0.2, 0) is 11.3 Å². The highest BCUT2D eigenvalue weighted by atomic mass is 35.5. The van der Waals surface area contributed by atoms with E-state index < -0.39 is 0 Å². The highest BCUT2D eigenvalue weighted by molar-refractivity contribution is 7.16. The molecular formula is C13H13ClN2OS2. The number of rotatable bonds is 4. The number of amides is 1. The monoisotopic (exact) mass is 312 g/mol. The van der Waals surface area contributed by atoms with Gasteiger partial charge in [-0.25, -0.2) is 4.98 Å². The summed E-state index contributed by atoms with van der Waals surface area (Å²) in [5, 5.41) is 2.92. The molecule has 0 unspecified atom stereocenters. The van der Waals surface area contributed by atoms with Crippen LogP contribution in [0.4, 0.5) is 0 Å². The highest BCUT2D eigenvalue weighted by Crippen LogP contribution is 2.22. The molecule has 0 N–H and O–H groups in total. The van der Waals surface area contributed by atoms with Crippen LogP contribution in [0.3, 0.4) is 0 Å². The average molecular weight is 313 g/mol. The molecule has 2 rings (SSSR count). The lowest BCUT2D eigenvalue weighted by Gasteiger charge is -2.13. The van der Waals surface area contributed by atoms with E-state index in [0.29, 0.717) is 6.54 Å².